The van der Waals surface area contributed by atoms with Gasteiger partial charge in [-0.3, -0.25) is 0 Å². The molecular formula is C13H21NOS. The molecule has 0 spiro atoms. The van der Waals surface area contributed by atoms with Crippen molar-refractivity contribution in [1.82, 2.24) is 5.32 Å². The van der Waals surface area contributed by atoms with Gasteiger partial charge in [-0.1, -0.05) is 6.92 Å². The van der Waals surface area contributed by atoms with Crippen LogP contribution < -0.4 is 10.1 Å². The van der Waals surface area contributed by atoms with Crippen molar-refractivity contribution in [3.8, 4) is 5.75 Å². The van der Waals surface area contributed by atoms with Crippen molar-refractivity contribution in [3.05, 3.63) is 24.3 Å². The Balaban J connectivity index is 2.21. The molecule has 90 valence electrons. The molecule has 0 aliphatic heterocycles. The summed E-state index contributed by atoms with van der Waals surface area (Å²) in [7, 11) is 0. The van der Waals surface area contributed by atoms with Crippen LogP contribution in [0.25, 0.3) is 0 Å². The van der Waals surface area contributed by atoms with Gasteiger partial charge in [-0.25, -0.2) is 0 Å². The maximum absolute atomic E-state index is 5.63. The third-order valence-corrected chi connectivity index (χ3v) is 3.28. The van der Waals surface area contributed by atoms with Crippen LogP contribution in [-0.4, -0.2) is 25.4 Å². The Morgan fingerprint density at radius 2 is 2.00 bits per heavy atom. The molecule has 0 radical (unpaired) electrons. The molecule has 1 unspecified atom stereocenters. The maximum Gasteiger partial charge on any atom is 0.119 e. The Morgan fingerprint density at radius 1 is 1.31 bits per heavy atom. The average molecular weight is 239 g/mol. The summed E-state index contributed by atoms with van der Waals surface area (Å²) in [5, 5.41) is 3.40. The molecule has 0 heterocycles. The molecule has 1 aromatic carbocycles. The Labute approximate surface area is 103 Å². The summed E-state index contributed by atoms with van der Waals surface area (Å²) in [4.78, 5) is 1.27. The lowest BCUT2D eigenvalue weighted by atomic mass is 10.3. The predicted octanol–water partition coefficient (Wildman–Crippen LogP) is 3.18. The Bertz CT molecular complexity index is 286. The van der Waals surface area contributed by atoms with Gasteiger partial charge in [0.2, 0.25) is 0 Å². The fourth-order valence-corrected chi connectivity index (χ4v) is 1.70. The van der Waals surface area contributed by atoms with Gasteiger partial charge >= 0.3 is 0 Å². The van der Waals surface area contributed by atoms with Crippen LogP contribution in [0.3, 0.4) is 0 Å². The zero-order valence-electron chi connectivity index (χ0n) is 10.3. The minimum atomic E-state index is 0.572. The summed E-state index contributed by atoms with van der Waals surface area (Å²) in [6, 6.07) is 8.79. The van der Waals surface area contributed by atoms with E-state index in [1.165, 1.54) is 4.90 Å². The number of ether oxygens (including phenoxy) is 1. The molecular weight excluding hydrogens is 218 g/mol. The quantitative estimate of drug-likeness (QED) is 0.583. The predicted molar refractivity (Wildman–Crippen MR) is 71.5 cm³/mol. The first kappa shape index (κ1) is 13.4. The van der Waals surface area contributed by atoms with Crippen LogP contribution in [0.15, 0.2) is 29.2 Å². The molecule has 1 rings (SSSR count). The second-order valence-electron chi connectivity index (χ2n) is 3.79. The molecule has 0 saturated carbocycles. The van der Waals surface area contributed by atoms with E-state index in [0.717, 1.165) is 25.3 Å². The van der Waals surface area contributed by atoms with Gasteiger partial charge < -0.3 is 10.1 Å². The number of rotatable bonds is 7. The fraction of sp³-hybridized carbons (Fsp3) is 0.538. The number of hydrogen-bond donors (Lipinski definition) is 1. The van der Waals surface area contributed by atoms with E-state index in [9.17, 15) is 0 Å². The van der Waals surface area contributed by atoms with E-state index in [4.69, 9.17) is 4.74 Å². The molecule has 0 amide bonds. The van der Waals surface area contributed by atoms with E-state index in [1.807, 2.05) is 12.1 Å². The van der Waals surface area contributed by atoms with Crippen molar-refractivity contribution in [2.75, 3.05) is 19.4 Å². The topological polar surface area (TPSA) is 21.3 Å². The normalized spacial score (nSPS) is 12.4. The standard InChI is InChI=1S/C13H21NOS/c1-4-11(2)14-9-10-15-12-5-7-13(16-3)8-6-12/h5-8,11,14H,4,9-10H2,1-3H3. The third kappa shape index (κ3) is 4.90. The van der Waals surface area contributed by atoms with E-state index in [-0.39, 0.29) is 0 Å². The van der Waals surface area contributed by atoms with Crippen LogP contribution in [0.4, 0.5) is 0 Å². The van der Waals surface area contributed by atoms with Gasteiger partial charge in [-0.05, 0) is 43.9 Å². The van der Waals surface area contributed by atoms with Gasteiger partial charge in [0.05, 0.1) is 0 Å². The maximum atomic E-state index is 5.63. The molecule has 1 N–H and O–H groups in total. The van der Waals surface area contributed by atoms with Crippen LogP contribution in [-0.2, 0) is 0 Å². The van der Waals surface area contributed by atoms with Crippen LogP contribution >= 0.6 is 11.8 Å². The number of nitrogens with one attached hydrogen (secondary N) is 1. The van der Waals surface area contributed by atoms with Gasteiger partial charge in [-0.2, -0.15) is 0 Å². The van der Waals surface area contributed by atoms with Gasteiger partial charge in [0.15, 0.2) is 0 Å². The molecule has 1 atom stereocenters. The van der Waals surface area contributed by atoms with Gasteiger partial charge in [-0.15, -0.1) is 11.8 Å². The molecule has 0 aliphatic rings. The van der Waals surface area contributed by atoms with Crippen LogP contribution in [0, 0.1) is 0 Å². The van der Waals surface area contributed by atoms with Crippen molar-refractivity contribution in [2.24, 2.45) is 0 Å². The fourth-order valence-electron chi connectivity index (χ4n) is 1.29. The average Bonchev–Trinajstić information content (AvgIpc) is 2.35. The first-order chi connectivity index (χ1) is 7.76. The highest BCUT2D eigenvalue weighted by Gasteiger charge is 1.97. The first-order valence-electron chi connectivity index (χ1n) is 5.76. The van der Waals surface area contributed by atoms with E-state index in [1.54, 1.807) is 11.8 Å². The lowest BCUT2D eigenvalue weighted by Crippen LogP contribution is -2.29. The molecule has 16 heavy (non-hydrogen) atoms. The molecule has 0 fully saturated rings. The molecule has 0 aliphatic carbocycles. The Kier molecular flexibility index (Phi) is 6.34. The number of benzene rings is 1. The lowest BCUT2D eigenvalue weighted by Gasteiger charge is -2.12. The summed E-state index contributed by atoms with van der Waals surface area (Å²) in [5.74, 6) is 0.948. The zero-order valence-corrected chi connectivity index (χ0v) is 11.1. The van der Waals surface area contributed by atoms with Crippen LogP contribution in [0.1, 0.15) is 20.3 Å². The monoisotopic (exact) mass is 239 g/mol. The zero-order chi connectivity index (χ0) is 11.8. The highest BCUT2D eigenvalue weighted by molar-refractivity contribution is 7.98. The minimum Gasteiger partial charge on any atom is -0.492 e. The Morgan fingerprint density at radius 3 is 2.56 bits per heavy atom. The van der Waals surface area contributed by atoms with E-state index in [0.29, 0.717) is 6.04 Å². The minimum absolute atomic E-state index is 0.572. The number of hydrogen-bond acceptors (Lipinski definition) is 3. The van der Waals surface area contributed by atoms with Gasteiger partial charge in [0, 0.05) is 17.5 Å². The second kappa shape index (κ2) is 7.58. The smallest absolute Gasteiger partial charge is 0.119 e. The highest BCUT2D eigenvalue weighted by Crippen LogP contribution is 2.18. The molecule has 2 nitrogen and oxygen atoms in total. The number of thioether (sulfide) groups is 1. The summed E-state index contributed by atoms with van der Waals surface area (Å²) in [6.07, 6.45) is 3.23. The van der Waals surface area contributed by atoms with Gasteiger partial charge in [0.1, 0.15) is 12.4 Å². The van der Waals surface area contributed by atoms with Crippen molar-refractivity contribution >= 4 is 11.8 Å². The van der Waals surface area contributed by atoms with Crippen molar-refractivity contribution < 1.29 is 4.74 Å². The van der Waals surface area contributed by atoms with Gasteiger partial charge in [0.25, 0.3) is 0 Å². The highest BCUT2D eigenvalue weighted by atomic mass is 32.2. The second-order valence-corrected chi connectivity index (χ2v) is 4.67. The van der Waals surface area contributed by atoms with Crippen LogP contribution in [0.2, 0.25) is 0 Å². The SMILES string of the molecule is CCC(C)NCCOc1ccc(SC)cc1. The van der Waals surface area contributed by atoms with Crippen molar-refractivity contribution in [3.63, 3.8) is 0 Å². The summed E-state index contributed by atoms with van der Waals surface area (Å²) < 4.78 is 5.63. The van der Waals surface area contributed by atoms with E-state index >= 15 is 0 Å². The molecule has 3 heteroatoms. The molecule has 0 bridgehead atoms. The van der Waals surface area contributed by atoms with E-state index < -0.39 is 0 Å². The summed E-state index contributed by atoms with van der Waals surface area (Å²) >= 11 is 1.74. The Hall–Kier alpha value is -0.670. The summed E-state index contributed by atoms with van der Waals surface area (Å²) in [6.45, 7) is 6.00. The molecule has 1 aromatic rings. The van der Waals surface area contributed by atoms with Crippen molar-refractivity contribution in [1.29, 1.82) is 0 Å². The van der Waals surface area contributed by atoms with Crippen molar-refractivity contribution in [2.45, 2.75) is 31.2 Å². The molecule has 0 saturated heterocycles. The van der Waals surface area contributed by atoms with Crippen LogP contribution in [0.5, 0.6) is 5.75 Å². The third-order valence-electron chi connectivity index (χ3n) is 2.54. The van der Waals surface area contributed by atoms with E-state index in [2.05, 4.69) is 37.6 Å². The molecule has 0 aromatic heterocycles. The first-order valence-corrected chi connectivity index (χ1v) is 6.99. The largest absolute Gasteiger partial charge is 0.492 e. The summed E-state index contributed by atoms with van der Waals surface area (Å²) in [5.41, 5.74) is 0. The lowest BCUT2D eigenvalue weighted by molar-refractivity contribution is 0.306.